The van der Waals surface area contributed by atoms with E-state index < -0.39 is 0 Å². The number of carbonyl (C=O) groups excluding carboxylic acids is 2. The average Bonchev–Trinajstić information content (AvgIpc) is 3.39. The van der Waals surface area contributed by atoms with E-state index >= 15 is 0 Å². The van der Waals surface area contributed by atoms with Gasteiger partial charge in [-0.2, -0.15) is 0 Å². The van der Waals surface area contributed by atoms with E-state index in [0.717, 1.165) is 25.9 Å². The molecule has 1 saturated carbocycles. The molecule has 1 aliphatic carbocycles. The van der Waals surface area contributed by atoms with E-state index in [1.807, 2.05) is 15.7 Å². The Morgan fingerprint density at radius 1 is 1.25 bits per heavy atom. The van der Waals surface area contributed by atoms with Crippen molar-refractivity contribution in [2.24, 2.45) is 17.6 Å². The van der Waals surface area contributed by atoms with Gasteiger partial charge >= 0.3 is 0 Å². The second kappa shape index (κ2) is 8.75. The molecule has 1 aliphatic heterocycles. The van der Waals surface area contributed by atoms with Gasteiger partial charge in [0.15, 0.2) is 0 Å². The van der Waals surface area contributed by atoms with Crippen LogP contribution in [0.4, 0.5) is 5.69 Å². The molecular formula is C20H26ClN5O2. The van der Waals surface area contributed by atoms with Crippen LogP contribution < -0.4 is 11.1 Å². The molecule has 28 heavy (non-hydrogen) atoms. The summed E-state index contributed by atoms with van der Waals surface area (Å²) in [7, 11) is 0. The second-order valence-corrected chi connectivity index (χ2v) is 7.55. The molecule has 3 unspecified atom stereocenters. The summed E-state index contributed by atoms with van der Waals surface area (Å²) in [6, 6.07) is 7.39. The van der Waals surface area contributed by atoms with Gasteiger partial charge in [-0.25, -0.2) is 4.98 Å². The number of imidazole rings is 1. The standard InChI is InChI=1S/C20H25N5O2.ClH/c21-18-5-4-15-11-25(12-17(15)18)20(27)14-2-1-3-16(10-14)23-19(26)6-8-24-9-7-22-13-24;/h1-3,7,9-10,13,15,17-18H,4-6,8,11-12,21H2,(H,23,26);1H. The number of aryl methyl sites for hydroxylation is 1. The molecule has 150 valence electrons. The van der Waals surface area contributed by atoms with Crippen molar-refractivity contribution < 1.29 is 9.59 Å². The van der Waals surface area contributed by atoms with Gasteiger partial charge in [-0.05, 0) is 42.9 Å². The molecule has 4 rings (SSSR count). The van der Waals surface area contributed by atoms with Crippen molar-refractivity contribution in [2.75, 3.05) is 18.4 Å². The molecule has 1 saturated heterocycles. The number of nitrogens with two attached hydrogens (primary N) is 1. The third kappa shape index (κ3) is 4.36. The average molecular weight is 404 g/mol. The Labute approximate surface area is 170 Å². The number of carbonyl (C=O) groups is 2. The minimum absolute atomic E-state index is 0. The molecular weight excluding hydrogens is 378 g/mol. The van der Waals surface area contributed by atoms with Crippen molar-refractivity contribution in [3.8, 4) is 0 Å². The third-order valence-electron chi connectivity index (χ3n) is 5.75. The molecule has 2 aromatic rings. The molecule has 7 nitrogen and oxygen atoms in total. The van der Waals surface area contributed by atoms with E-state index in [1.54, 1.807) is 36.8 Å². The third-order valence-corrected chi connectivity index (χ3v) is 5.75. The highest BCUT2D eigenvalue weighted by atomic mass is 35.5. The number of amides is 2. The van der Waals surface area contributed by atoms with Gasteiger partial charge < -0.3 is 20.5 Å². The van der Waals surface area contributed by atoms with Crippen LogP contribution in [0.25, 0.3) is 0 Å². The van der Waals surface area contributed by atoms with Crippen LogP contribution in [0, 0.1) is 11.8 Å². The van der Waals surface area contributed by atoms with Gasteiger partial charge in [0, 0.05) is 55.7 Å². The van der Waals surface area contributed by atoms with Crippen LogP contribution in [0.1, 0.15) is 29.6 Å². The first-order valence-electron chi connectivity index (χ1n) is 9.50. The first-order chi connectivity index (χ1) is 13.1. The molecule has 2 aliphatic rings. The van der Waals surface area contributed by atoms with E-state index in [9.17, 15) is 9.59 Å². The molecule has 0 radical (unpaired) electrons. The van der Waals surface area contributed by atoms with E-state index in [1.165, 1.54) is 0 Å². The highest BCUT2D eigenvalue weighted by Crippen LogP contribution is 2.37. The zero-order valence-corrected chi connectivity index (χ0v) is 16.5. The molecule has 1 aromatic heterocycles. The Bertz CT molecular complexity index is 826. The van der Waals surface area contributed by atoms with Crippen LogP contribution >= 0.6 is 12.4 Å². The van der Waals surface area contributed by atoms with Gasteiger partial charge in [0.2, 0.25) is 5.91 Å². The van der Waals surface area contributed by atoms with Gasteiger partial charge in [-0.1, -0.05) is 6.07 Å². The number of hydrogen-bond acceptors (Lipinski definition) is 4. The Hall–Kier alpha value is -2.38. The number of anilines is 1. The maximum absolute atomic E-state index is 12.9. The SMILES string of the molecule is Cl.NC1CCC2CN(C(=O)c3cccc(NC(=O)CCn4ccnc4)c3)CC12. The minimum Gasteiger partial charge on any atom is -0.338 e. The van der Waals surface area contributed by atoms with E-state index in [4.69, 9.17) is 5.73 Å². The van der Waals surface area contributed by atoms with Crippen molar-refractivity contribution in [3.63, 3.8) is 0 Å². The van der Waals surface area contributed by atoms with Crippen molar-refractivity contribution in [1.82, 2.24) is 14.5 Å². The molecule has 0 spiro atoms. The lowest BCUT2D eigenvalue weighted by atomic mass is 9.98. The normalized spacial score (nSPS) is 23.2. The van der Waals surface area contributed by atoms with Gasteiger partial charge in [-0.15, -0.1) is 12.4 Å². The predicted octanol–water partition coefficient (Wildman–Crippen LogP) is 2.14. The summed E-state index contributed by atoms with van der Waals surface area (Å²) in [5.41, 5.74) is 7.43. The summed E-state index contributed by atoms with van der Waals surface area (Å²) in [6.45, 7) is 2.10. The number of likely N-dealkylation sites (tertiary alicyclic amines) is 1. The maximum Gasteiger partial charge on any atom is 0.253 e. The molecule has 2 amide bonds. The van der Waals surface area contributed by atoms with Crippen LogP contribution in [-0.2, 0) is 11.3 Å². The largest absolute Gasteiger partial charge is 0.338 e. The van der Waals surface area contributed by atoms with Crippen LogP contribution in [-0.4, -0.2) is 45.4 Å². The lowest BCUT2D eigenvalue weighted by Crippen LogP contribution is -2.33. The highest BCUT2D eigenvalue weighted by Gasteiger charge is 2.42. The van der Waals surface area contributed by atoms with Crippen molar-refractivity contribution in [1.29, 1.82) is 0 Å². The molecule has 2 fully saturated rings. The summed E-state index contributed by atoms with van der Waals surface area (Å²) < 4.78 is 1.86. The van der Waals surface area contributed by atoms with Gasteiger partial charge in [0.05, 0.1) is 6.33 Å². The maximum atomic E-state index is 12.9. The molecule has 1 aromatic carbocycles. The second-order valence-electron chi connectivity index (χ2n) is 7.55. The fourth-order valence-corrected chi connectivity index (χ4v) is 4.26. The monoisotopic (exact) mass is 403 g/mol. The van der Waals surface area contributed by atoms with Gasteiger partial charge in [0.25, 0.3) is 5.91 Å². The van der Waals surface area contributed by atoms with Gasteiger partial charge in [-0.3, -0.25) is 9.59 Å². The summed E-state index contributed by atoms with van der Waals surface area (Å²) in [6.07, 6.45) is 7.72. The Kier molecular flexibility index (Phi) is 6.36. The van der Waals surface area contributed by atoms with Crippen LogP contribution in [0.3, 0.4) is 0 Å². The van der Waals surface area contributed by atoms with Crippen molar-refractivity contribution in [3.05, 3.63) is 48.5 Å². The zero-order valence-electron chi connectivity index (χ0n) is 15.7. The quantitative estimate of drug-likeness (QED) is 0.799. The number of nitrogens with one attached hydrogen (secondary N) is 1. The van der Waals surface area contributed by atoms with Crippen LogP contribution in [0.15, 0.2) is 43.0 Å². The number of aromatic nitrogens is 2. The van der Waals surface area contributed by atoms with E-state index in [0.29, 0.717) is 36.1 Å². The summed E-state index contributed by atoms with van der Waals surface area (Å²) in [5, 5.41) is 2.87. The Morgan fingerprint density at radius 2 is 2.11 bits per heavy atom. The predicted molar refractivity (Wildman–Crippen MR) is 109 cm³/mol. The van der Waals surface area contributed by atoms with Crippen molar-refractivity contribution >= 4 is 29.9 Å². The van der Waals surface area contributed by atoms with E-state index in [2.05, 4.69) is 10.3 Å². The zero-order chi connectivity index (χ0) is 18.8. The fourth-order valence-electron chi connectivity index (χ4n) is 4.26. The summed E-state index contributed by atoms with van der Waals surface area (Å²) >= 11 is 0. The number of hydrogen-bond donors (Lipinski definition) is 2. The number of fused-ring (bicyclic) bond motifs is 1. The van der Waals surface area contributed by atoms with Crippen LogP contribution in [0.2, 0.25) is 0 Å². The Morgan fingerprint density at radius 3 is 2.86 bits per heavy atom. The fraction of sp³-hybridized carbons (Fsp3) is 0.450. The number of halogens is 1. The molecule has 3 atom stereocenters. The highest BCUT2D eigenvalue weighted by molar-refractivity contribution is 5.97. The molecule has 2 heterocycles. The Balaban J connectivity index is 0.00000225. The number of rotatable bonds is 5. The topological polar surface area (TPSA) is 93.3 Å². The smallest absolute Gasteiger partial charge is 0.253 e. The van der Waals surface area contributed by atoms with Crippen LogP contribution in [0.5, 0.6) is 0 Å². The van der Waals surface area contributed by atoms with E-state index in [-0.39, 0.29) is 30.3 Å². The van der Waals surface area contributed by atoms with Crippen molar-refractivity contribution in [2.45, 2.75) is 31.8 Å². The lowest BCUT2D eigenvalue weighted by Gasteiger charge is -2.19. The van der Waals surface area contributed by atoms with Gasteiger partial charge in [0.1, 0.15) is 0 Å². The number of benzene rings is 1. The lowest BCUT2D eigenvalue weighted by molar-refractivity contribution is -0.116. The molecule has 0 bridgehead atoms. The summed E-state index contributed by atoms with van der Waals surface area (Å²) in [4.78, 5) is 30.9. The molecule has 8 heteroatoms. The first kappa shape index (κ1) is 20.4. The number of nitrogens with zero attached hydrogens (tertiary/aromatic N) is 3. The first-order valence-corrected chi connectivity index (χ1v) is 9.50. The summed E-state index contributed by atoms with van der Waals surface area (Å²) in [5.74, 6) is 0.899. The minimum atomic E-state index is -0.0880. The molecule has 3 N–H and O–H groups in total.